The molecule has 0 amide bonds. The summed E-state index contributed by atoms with van der Waals surface area (Å²) in [5, 5.41) is 0.554. The number of pyridine rings is 1. The monoisotopic (exact) mass is 275 g/mol. The van der Waals surface area contributed by atoms with Gasteiger partial charge >= 0.3 is 0 Å². The molecule has 2 aromatic heterocycles. The third-order valence-electron chi connectivity index (χ3n) is 3.00. The molecule has 2 heterocycles. The fourth-order valence-corrected chi connectivity index (χ4v) is 2.40. The molecule has 2 N–H and O–H groups in total. The highest BCUT2D eigenvalue weighted by Crippen LogP contribution is 2.26. The van der Waals surface area contributed by atoms with Gasteiger partial charge in [-0.1, -0.05) is 17.7 Å². The zero-order valence-corrected chi connectivity index (χ0v) is 10.7. The average molecular weight is 276 g/mol. The Hall–Kier alpha value is -1.91. The highest BCUT2D eigenvalue weighted by molar-refractivity contribution is 6.29. The SMILES string of the molecule is NCc1c(-c2ccc(F)cc2)nc2cccc(Cl)n12. The first-order valence-corrected chi connectivity index (χ1v) is 6.20. The summed E-state index contributed by atoms with van der Waals surface area (Å²) in [5.74, 6) is -0.278. The molecule has 3 rings (SSSR count). The maximum Gasteiger partial charge on any atom is 0.138 e. The Kier molecular flexibility index (Phi) is 2.97. The quantitative estimate of drug-likeness (QED) is 0.730. The van der Waals surface area contributed by atoms with Crippen LogP contribution < -0.4 is 5.73 Å². The number of nitrogens with two attached hydrogens (primary N) is 1. The second-order valence-electron chi connectivity index (χ2n) is 4.16. The molecule has 0 aliphatic carbocycles. The maximum absolute atomic E-state index is 13.0. The van der Waals surface area contributed by atoms with E-state index in [0.717, 1.165) is 22.6 Å². The molecule has 0 unspecified atom stereocenters. The first-order chi connectivity index (χ1) is 9.20. The minimum atomic E-state index is -0.278. The van der Waals surface area contributed by atoms with Gasteiger partial charge < -0.3 is 5.73 Å². The van der Waals surface area contributed by atoms with E-state index in [1.54, 1.807) is 22.6 Å². The molecule has 0 atom stereocenters. The minimum Gasteiger partial charge on any atom is -0.325 e. The predicted molar refractivity (Wildman–Crippen MR) is 73.5 cm³/mol. The fraction of sp³-hybridized carbons (Fsp3) is 0.0714. The van der Waals surface area contributed by atoms with Crippen LogP contribution in [0.2, 0.25) is 5.15 Å². The molecule has 0 saturated heterocycles. The standard InChI is InChI=1S/C14H11ClFN3/c15-12-2-1-3-13-18-14(11(8-17)19(12)13)9-4-6-10(16)7-5-9/h1-7H,8,17H2. The Morgan fingerprint density at radius 3 is 2.58 bits per heavy atom. The topological polar surface area (TPSA) is 43.3 Å². The zero-order valence-electron chi connectivity index (χ0n) is 9.98. The van der Waals surface area contributed by atoms with Crippen molar-refractivity contribution in [3.8, 4) is 11.3 Å². The van der Waals surface area contributed by atoms with Crippen LogP contribution in [0, 0.1) is 5.82 Å². The molecular formula is C14H11ClFN3. The van der Waals surface area contributed by atoms with Crippen molar-refractivity contribution in [2.24, 2.45) is 5.73 Å². The Morgan fingerprint density at radius 1 is 1.16 bits per heavy atom. The molecule has 96 valence electrons. The third kappa shape index (κ3) is 1.99. The van der Waals surface area contributed by atoms with Crippen LogP contribution in [0.3, 0.4) is 0 Å². The Bertz CT molecular complexity index is 734. The number of aromatic nitrogens is 2. The summed E-state index contributed by atoms with van der Waals surface area (Å²) in [6.07, 6.45) is 0. The van der Waals surface area contributed by atoms with Crippen molar-refractivity contribution in [2.75, 3.05) is 0 Å². The van der Waals surface area contributed by atoms with Crippen LogP contribution in [-0.4, -0.2) is 9.38 Å². The van der Waals surface area contributed by atoms with Crippen LogP contribution >= 0.6 is 11.6 Å². The number of nitrogens with zero attached hydrogens (tertiary/aromatic N) is 2. The van der Waals surface area contributed by atoms with Crippen molar-refractivity contribution in [3.63, 3.8) is 0 Å². The van der Waals surface area contributed by atoms with E-state index in [-0.39, 0.29) is 5.82 Å². The van der Waals surface area contributed by atoms with Gasteiger partial charge in [-0.05, 0) is 36.4 Å². The van der Waals surface area contributed by atoms with Gasteiger partial charge in [0.2, 0.25) is 0 Å². The van der Waals surface area contributed by atoms with Gasteiger partial charge in [0, 0.05) is 12.1 Å². The second kappa shape index (κ2) is 4.64. The Morgan fingerprint density at radius 2 is 1.89 bits per heavy atom. The normalized spacial score (nSPS) is 11.1. The molecule has 19 heavy (non-hydrogen) atoms. The van der Waals surface area contributed by atoms with Crippen molar-refractivity contribution >= 4 is 17.2 Å². The van der Waals surface area contributed by atoms with Crippen LogP contribution in [-0.2, 0) is 6.54 Å². The molecule has 0 bridgehead atoms. The highest BCUT2D eigenvalue weighted by atomic mass is 35.5. The molecule has 0 saturated carbocycles. The van der Waals surface area contributed by atoms with Crippen LogP contribution in [0.5, 0.6) is 0 Å². The number of hydrogen-bond donors (Lipinski definition) is 1. The van der Waals surface area contributed by atoms with Gasteiger partial charge in [-0.25, -0.2) is 9.37 Å². The van der Waals surface area contributed by atoms with E-state index in [1.165, 1.54) is 12.1 Å². The minimum absolute atomic E-state index is 0.278. The van der Waals surface area contributed by atoms with Crippen molar-refractivity contribution in [1.29, 1.82) is 0 Å². The van der Waals surface area contributed by atoms with Gasteiger partial charge in [-0.2, -0.15) is 0 Å². The molecule has 0 spiro atoms. The lowest BCUT2D eigenvalue weighted by molar-refractivity contribution is 0.628. The predicted octanol–water partition coefficient (Wildman–Crippen LogP) is 3.25. The van der Waals surface area contributed by atoms with Crippen LogP contribution in [0.1, 0.15) is 5.69 Å². The van der Waals surface area contributed by atoms with Gasteiger partial charge in [-0.3, -0.25) is 4.40 Å². The molecule has 1 aromatic carbocycles. The third-order valence-corrected chi connectivity index (χ3v) is 3.30. The van der Waals surface area contributed by atoms with Crippen LogP contribution in [0.25, 0.3) is 16.9 Å². The smallest absolute Gasteiger partial charge is 0.138 e. The first kappa shape index (κ1) is 12.1. The molecule has 0 aliphatic heterocycles. The summed E-state index contributed by atoms with van der Waals surface area (Å²) < 4.78 is 14.8. The zero-order chi connectivity index (χ0) is 13.4. The molecular weight excluding hydrogens is 265 g/mol. The van der Waals surface area contributed by atoms with Crippen molar-refractivity contribution in [3.05, 3.63) is 59.1 Å². The largest absolute Gasteiger partial charge is 0.325 e. The molecule has 3 aromatic rings. The summed E-state index contributed by atoms with van der Waals surface area (Å²) >= 11 is 6.17. The lowest BCUT2D eigenvalue weighted by Crippen LogP contribution is -2.03. The van der Waals surface area contributed by atoms with Gasteiger partial charge in [-0.15, -0.1) is 0 Å². The summed E-state index contributed by atoms with van der Waals surface area (Å²) in [5.41, 5.74) is 8.90. The van der Waals surface area contributed by atoms with E-state index in [2.05, 4.69) is 4.98 Å². The number of rotatable bonds is 2. The summed E-state index contributed by atoms with van der Waals surface area (Å²) in [7, 11) is 0. The van der Waals surface area contributed by atoms with E-state index < -0.39 is 0 Å². The van der Waals surface area contributed by atoms with E-state index in [1.807, 2.05) is 12.1 Å². The first-order valence-electron chi connectivity index (χ1n) is 5.82. The fourth-order valence-electron chi connectivity index (χ4n) is 2.14. The number of fused-ring (bicyclic) bond motifs is 1. The summed E-state index contributed by atoms with van der Waals surface area (Å²) in [6, 6.07) is 11.7. The lowest BCUT2D eigenvalue weighted by atomic mass is 10.1. The Labute approximate surface area is 114 Å². The molecule has 0 fully saturated rings. The highest BCUT2D eigenvalue weighted by Gasteiger charge is 2.14. The molecule has 3 nitrogen and oxygen atoms in total. The number of benzene rings is 1. The number of halogens is 2. The number of hydrogen-bond acceptors (Lipinski definition) is 2. The van der Waals surface area contributed by atoms with Crippen LogP contribution in [0.4, 0.5) is 4.39 Å². The van der Waals surface area contributed by atoms with E-state index >= 15 is 0 Å². The van der Waals surface area contributed by atoms with E-state index in [9.17, 15) is 4.39 Å². The average Bonchev–Trinajstić information content (AvgIpc) is 2.79. The summed E-state index contributed by atoms with van der Waals surface area (Å²) in [6.45, 7) is 0.303. The van der Waals surface area contributed by atoms with E-state index in [0.29, 0.717) is 11.7 Å². The van der Waals surface area contributed by atoms with Gasteiger partial charge in [0.1, 0.15) is 16.6 Å². The lowest BCUT2D eigenvalue weighted by Gasteiger charge is -2.03. The van der Waals surface area contributed by atoms with Crippen molar-refractivity contribution in [1.82, 2.24) is 9.38 Å². The van der Waals surface area contributed by atoms with E-state index in [4.69, 9.17) is 17.3 Å². The second-order valence-corrected chi connectivity index (χ2v) is 4.55. The van der Waals surface area contributed by atoms with Crippen molar-refractivity contribution < 1.29 is 4.39 Å². The van der Waals surface area contributed by atoms with Crippen LogP contribution in [0.15, 0.2) is 42.5 Å². The molecule has 0 radical (unpaired) electrons. The van der Waals surface area contributed by atoms with Gasteiger partial charge in [0.15, 0.2) is 0 Å². The molecule has 5 heteroatoms. The van der Waals surface area contributed by atoms with Gasteiger partial charge in [0.25, 0.3) is 0 Å². The molecule has 0 aliphatic rings. The van der Waals surface area contributed by atoms with Gasteiger partial charge in [0.05, 0.1) is 11.4 Å². The Balaban J connectivity index is 2.29. The maximum atomic E-state index is 13.0. The number of imidazole rings is 1. The van der Waals surface area contributed by atoms with Crippen molar-refractivity contribution in [2.45, 2.75) is 6.54 Å². The summed E-state index contributed by atoms with van der Waals surface area (Å²) in [4.78, 5) is 4.52.